The quantitative estimate of drug-likeness (QED) is 0.260. The van der Waals surface area contributed by atoms with Gasteiger partial charge in [-0.05, 0) is 48.0 Å². The number of cyclic esters (lactones) is 3. The van der Waals surface area contributed by atoms with E-state index in [-0.39, 0.29) is 29.7 Å². The van der Waals surface area contributed by atoms with Crippen LogP contribution in [-0.4, -0.2) is 79.9 Å². The summed E-state index contributed by atoms with van der Waals surface area (Å²) in [5.74, 6) is -3.90. The highest BCUT2D eigenvalue weighted by molar-refractivity contribution is 5.99. The number of rotatable bonds is 8. The van der Waals surface area contributed by atoms with Gasteiger partial charge in [0.15, 0.2) is 24.1 Å². The Morgan fingerprint density at radius 1 is 0.914 bits per heavy atom. The van der Waals surface area contributed by atoms with Crippen LogP contribution in [0.5, 0.6) is 0 Å². The summed E-state index contributed by atoms with van der Waals surface area (Å²) in [6, 6.07) is 0. The van der Waals surface area contributed by atoms with Crippen LogP contribution in [0.1, 0.15) is 54.4 Å². The molecule has 2 rings (SSSR count). The van der Waals surface area contributed by atoms with Crippen molar-refractivity contribution in [2.75, 3.05) is 20.3 Å². The van der Waals surface area contributed by atoms with Crippen LogP contribution >= 0.6 is 0 Å². The van der Waals surface area contributed by atoms with Gasteiger partial charge in [-0.1, -0.05) is 0 Å². The lowest BCUT2D eigenvalue weighted by Gasteiger charge is -2.22. The molecule has 0 saturated carbocycles. The number of hydrogen-bond acceptors (Lipinski definition) is 12. The minimum absolute atomic E-state index is 0.0856. The van der Waals surface area contributed by atoms with E-state index in [4.69, 9.17) is 9.47 Å². The molecule has 2 saturated heterocycles. The maximum atomic E-state index is 11.6. The van der Waals surface area contributed by atoms with E-state index in [2.05, 4.69) is 14.2 Å². The van der Waals surface area contributed by atoms with E-state index >= 15 is 0 Å². The van der Waals surface area contributed by atoms with Gasteiger partial charge in [0.05, 0.1) is 6.61 Å². The smallest absolute Gasteiger partial charge is 0.347 e. The molecule has 0 aromatic heterocycles. The van der Waals surface area contributed by atoms with E-state index in [9.17, 15) is 33.6 Å². The number of Topliss-reactive ketones (excluding diaryl/α,β-unsaturated/α-hetero) is 3. The lowest BCUT2D eigenvalue weighted by atomic mass is 10.0. The molecule has 2 heterocycles. The Morgan fingerprint density at radius 2 is 1.43 bits per heavy atom. The van der Waals surface area contributed by atoms with Crippen molar-refractivity contribution in [3.05, 3.63) is 0 Å². The van der Waals surface area contributed by atoms with Crippen LogP contribution in [0.25, 0.3) is 0 Å². The van der Waals surface area contributed by atoms with Crippen LogP contribution in [-0.2, 0) is 57.2 Å². The normalized spacial score (nSPS) is 22.5. The molecule has 35 heavy (non-hydrogen) atoms. The third-order valence-corrected chi connectivity index (χ3v) is 4.93. The highest BCUT2D eigenvalue weighted by Crippen LogP contribution is 2.14. The molecule has 2 aliphatic heterocycles. The molecule has 5 unspecified atom stereocenters. The van der Waals surface area contributed by atoms with Crippen molar-refractivity contribution in [1.82, 2.24) is 0 Å². The number of ether oxygens (including phenoxy) is 5. The Morgan fingerprint density at radius 3 is 1.74 bits per heavy atom. The van der Waals surface area contributed by atoms with E-state index in [0.717, 1.165) is 0 Å². The van der Waals surface area contributed by atoms with Crippen LogP contribution < -0.4 is 0 Å². The molecule has 12 heteroatoms. The molecule has 0 bridgehead atoms. The second-order valence-corrected chi connectivity index (χ2v) is 7.91. The Bertz CT molecular complexity index is 782. The molecule has 0 aromatic rings. The maximum Gasteiger partial charge on any atom is 0.347 e. The summed E-state index contributed by atoms with van der Waals surface area (Å²) in [6.07, 6.45) is -1.46. The van der Waals surface area contributed by atoms with Gasteiger partial charge in [-0.2, -0.15) is 0 Å². The van der Waals surface area contributed by atoms with Crippen molar-refractivity contribution in [3.8, 4) is 0 Å². The summed E-state index contributed by atoms with van der Waals surface area (Å²) in [6.45, 7) is 9.20. The van der Waals surface area contributed by atoms with Gasteiger partial charge in [0.2, 0.25) is 0 Å². The van der Waals surface area contributed by atoms with Crippen molar-refractivity contribution in [1.29, 1.82) is 0 Å². The molecule has 198 valence electrons. The molecule has 0 amide bonds. The van der Waals surface area contributed by atoms with Gasteiger partial charge < -0.3 is 23.7 Å². The number of esters is 4. The number of hydrogen-bond donors (Lipinski definition) is 0. The maximum absolute atomic E-state index is 11.6. The first kappa shape index (κ1) is 31.9. The Labute approximate surface area is 203 Å². The van der Waals surface area contributed by atoms with E-state index in [1.807, 2.05) is 0 Å². The fourth-order valence-electron chi connectivity index (χ4n) is 2.56. The standard InChI is InChI=1S/C11H18O5.C6H8O4.C6H8O3/c1-7(12)9(3)16-11(14)10(8(2)13)5-6-15-4;1-3-5(7)10-4(2)6(8)9-3;1-4(7)5-2-3-9-6(5)8/h9-10H,5-6H2,1-4H3;3-4H,1-2H3;5H,2-3H2,1H3. The molecular weight excluding hydrogens is 468 g/mol. The average molecular weight is 503 g/mol. The summed E-state index contributed by atoms with van der Waals surface area (Å²) in [5, 5.41) is 0. The first-order valence-electron chi connectivity index (χ1n) is 11.0. The minimum atomic E-state index is -0.846. The minimum Gasteiger partial charge on any atom is -0.465 e. The van der Waals surface area contributed by atoms with Gasteiger partial charge in [0.25, 0.3) is 0 Å². The summed E-state index contributed by atoms with van der Waals surface area (Å²) < 4.78 is 23.4. The van der Waals surface area contributed by atoms with Gasteiger partial charge in [-0.3, -0.25) is 24.0 Å². The molecule has 0 aliphatic carbocycles. The molecule has 5 atom stereocenters. The van der Waals surface area contributed by atoms with Crippen LogP contribution in [0.3, 0.4) is 0 Å². The predicted octanol–water partition coefficient (Wildman–Crippen LogP) is 0.751. The second-order valence-electron chi connectivity index (χ2n) is 7.91. The SMILES string of the molecule is CC(=O)C1CCOC1=O.CC1OC(=O)C(C)OC1=O.COCCC(C(C)=O)C(=O)OC(C)C(C)=O. The molecule has 0 N–H and O–H groups in total. The van der Waals surface area contributed by atoms with Gasteiger partial charge >= 0.3 is 23.9 Å². The fraction of sp³-hybridized carbons (Fsp3) is 0.696. The average Bonchev–Trinajstić information content (AvgIpc) is 3.19. The molecular formula is C23H34O12. The number of ketones is 3. The summed E-state index contributed by atoms with van der Waals surface area (Å²) >= 11 is 0. The molecule has 0 aromatic carbocycles. The number of carbonyl (C=O) groups excluding carboxylic acids is 7. The van der Waals surface area contributed by atoms with Crippen molar-refractivity contribution >= 4 is 41.2 Å². The second kappa shape index (κ2) is 15.7. The monoisotopic (exact) mass is 502 g/mol. The Kier molecular flexibility index (Phi) is 14.3. The Hall–Kier alpha value is -3.15. The fourth-order valence-corrected chi connectivity index (χ4v) is 2.56. The van der Waals surface area contributed by atoms with Crippen LogP contribution in [0.4, 0.5) is 0 Å². The molecule has 12 nitrogen and oxygen atoms in total. The number of carbonyl (C=O) groups is 7. The zero-order valence-electron chi connectivity index (χ0n) is 21.1. The van der Waals surface area contributed by atoms with Crippen molar-refractivity contribution in [3.63, 3.8) is 0 Å². The summed E-state index contributed by atoms with van der Waals surface area (Å²) in [7, 11) is 1.49. The number of methoxy groups -OCH3 is 1. The topological polar surface area (TPSA) is 166 Å². The van der Waals surface area contributed by atoms with E-state index in [1.165, 1.54) is 48.7 Å². The van der Waals surface area contributed by atoms with Crippen molar-refractivity contribution in [2.45, 2.75) is 72.7 Å². The third kappa shape index (κ3) is 11.7. The molecule has 0 radical (unpaired) electrons. The van der Waals surface area contributed by atoms with Gasteiger partial charge in [0, 0.05) is 20.1 Å². The summed E-state index contributed by atoms with van der Waals surface area (Å²) in [5.41, 5.74) is 0. The lowest BCUT2D eigenvalue weighted by Crippen LogP contribution is -2.40. The van der Waals surface area contributed by atoms with Crippen LogP contribution in [0.2, 0.25) is 0 Å². The van der Waals surface area contributed by atoms with Gasteiger partial charge in [0.1, 0.15) is 23.4 Å². The predicted molar refractivity (Wildman–Crippen MR) is 118 cm³/mol. The van der Waals surface area contributed by atoms with Gasteiger partial charge in [-0.15, -0.1) is 0 Å². The Balaban J connectivity index is 0.000000522. The van der Waals surface area contributed by atoms with Crippen LogP contribution in [0.15, 0.2) is 0 Å². The largest absolute Gasteiger partial charge is 0.465 e. The lowest BCUT2D eigenvalue weighted by molar-refractivity contribution is -0.191. The van der Waals surface area contributed by atoms with E-state index in [1.54, 1.807) is 0 Å². The third-order valence-electron chi connectivity index (χ3n) is 4.93. The first-order chi connectivity index (χ1) is 16.2. The summed E-state index contributed by atoms with van der Waals surface area (Å²) in [4.78, 5) is 76.1. The van der Waals surface area contributed by atoms with Crippen molar-refractivity contribution in [2.24, 2.45) is 11.8 Å². The zero-order chi connectivity index (χ0) is 27.3. The highest BCUT2D eigenvalue weighted by atomic mass is 16.6. The van der Waals surface area contributed by atoms with Gasteiger partial charge in [-0.25, -0.2) is 9.59 Å². The first-order valence-corrected chi connectivity index (χ1v) is 11.0. The molecule has 2 fully saturated rings. The molecule has 2 aliphatic rings. The molecule has 0 spiro atoms. The highest BCUT2D eigenvalue weighted by Gasteiger charge is 2.32. The van der Waals surface area contributed by atoms with Crippen molar-refractivity contribution < 1.29 is 57.2 Å². The van der Waals surface area contributed by atoms with E-state index < -0.39 is 48.1 Å². The van der Waals surface area contributed by atoms with E-state index in [0.29, 0.717) is 19.6 Å². The van der Waals surface area contributed by atoms with Crippen LogP contribution in [0, 0.1) is 11.8 Å². The zero-order valence-corrected chi connectivity index (χ0v) is 21.1.